The Labute approximate surface area is 40.8 Å². The van der Waals surface area contributed by atoms with Crippen molar-refractivity contribution in [3.8, 4) is 0 Å². The summed E-state index contributed by atoms with van der Waals surface area (Å²) in [6.45, 7) is 0. The van der Waals surface area contributed by atoms with Crippen LogP contribution in [0.1, 0.15) is 0 Å². The van der Waals surface area contributed by atoms with Gasteiger partial charge in [0.2, 0.25) is 0 Å². The SMILES string of the molecule is O=c1[c-]c[nH]cc1.[Rf]. The Morgan fingerprint density at radius 3 is 2.62 bits per heavy atom. The van der Waals surface area contributed by atoms with Gasteiger partial charge in [-0.15, -0.1) is 6.07 Å². The summed E-state index contributed by atoms with van der Waals surface area (Å²) in [5, 5.41) is 0. The molecule has 0 aromatic carbocycles. The summed E-state index contributed by atoms with van der Waals surface area (Å²) in [4.78, 5) is 12.9. The van der Waals surface area contributed by atoms with E-state index in [2.05, 4.69) is 11.1 Å². The Kier molecular flexibility index (Phi) is 1.62. The molecule has 0 bridgehead atoms. The Morgan fingerprint density at radius 2 is 2.38 bits per heavy atom. The summed E-state index contributed by atoms with van der Waals surface area (Å²) in [6, 6.07) is 3.84. The molecule has 1 heterocycles. The zero-order chi connectivity index (χ0) is 5.11. The number of hydrogen-bond acceptors (Lipinski definition) is 1. The van der Waals surface area contributed by atoms with Crippen LogP contribution in [-0.4, -0.2) is 4.98 Å². The van der Waals surface area contributed by atoms with E-state index >= 15 is 0 Å². The third-order valence-corrected chi connectivity index (χ3v) is 0.629. The van der Waals surface area contributed by atoms with Gasteiger partial charge in [0.1, 0.15) is 0 Å². The number of aromatic amines is 1. The van der Waals surface area contributed by atoms with Gasteiger partial charge in [0.05, 0.1) is 0 Å². The summed E-state index contributed by atoms with van der Waals surface area (Å²) < 4.78 is 0. The molecule has 0 saturated heterocycles. The van der Waals surface area contributed by atoms with Crippen LogP contribution < -0.4 is 5.43 Å². The summed E-state index contributed by atoms with van der Waals surface area (Å²) >= 11 is 0. The van der Waals surface area contributed by atoms with Crippen LogP contribution in [0, 0.1) is 6.07 Å². The van der Waals surface area contributed by atoms with Crippen LogP contribution in [-0.2, 0) is 0 Å². The third-order valence-electron chi connectivity index (χ3n) is 0.629. The second-order valence-electron chi connectivity index (χ2n) is 1.15. The third kappa shape index (κ3) is 0.971. The van der Waals surface area contributed by atoms with Gasteiger partial charge in [-0.2, -0.15) is 6.07 Å². The molecule has 0 spiro atoms. The quantitative estimate of drug-likeness (QED) is 0.657. The Bertz CT molecular complexity index is 178. The smallest absolute Gasteiger partial charge is 0.0144 e. The van der Waals surface area contributed by atoms with Crippen LogP contribution in [0.2, 0.25) is 0 Å². The second-order valence-corrected chi connectivity index (χ2v) is 1.15. The maximum atomic E-state index is 10.2. The van der Waals surface area contributed by atoms with Crippen LogP contribution in [0.4, 0.5) is 0 Å². The topological polar surface area (TPSA) is 32.9 Å². The van der Waals surface area contributed by atoms with Crippen LogP contribution in [0.5, 0.6) is 0 Å². The number of pyridine rings is 1. The summed E-state index contributed by atoms with van der Waals surface area (Å²) in [5.41, 5.74) is -0.0845. The minimum atomic E-state index is -0.0845. The van der Waals surface area contributed by atoms with E-state index < -0.39 is 0 Å². The van der Waals surface area contributed by atoms with Gasteiger partial charge >= 0.3 is 0 Å². The molecule has 1 rings (SSSR count). The Balaban J connectivity index is 0.000000490. The van der Waals surface area contributed by atoms with Crippen molar-refractivity contribution in [3.05, 3.63) is 34.7 Å². The van der Waals surface area contributed by atoms with Gasteiger partial charge in [-0.05, 0) is 0 Å². The van der Waals surface area contributed by atoms with Gasteiger partial charge in [-0.1, -0.05) is 12.4 Å². The van der Waals surface area contributed by atoms with E-state index in [1.165, 1.54) is 12.3 Å². The zero-order valence-corrected chi connectivity index (χ0v) is 10.7. The van der Waals surface area contributed by atoms with E-state index in [-0.39, 0.29) is 5.43 Å². The predicted molar refractivity (Wildman–Crippen MR) is 25.9 cm³/mol. The first-order valence-corrected chi connectivity index (χ1v) is 1.94. The van der Waals surface area contributed by atoms with Crippen molar-refractivity contribution in [2.24, 2.45) is 0 Å². The van der Waals surface area contributed by atoms with Crippen LogP contribution in [0.25, 0.3) is 0 Å². The van der Waals surface area contributed by atoms with Crippen LogP contribution in [0.3, 0.4) is 0 Å². The van der Waals surface area contributed by atoms with Crippen molar-refractivity contribution < 1.29 is 0 Å². The number of nitrogens with one attached hydrogen (secondary N) is 1. The van der Waals surface area contributed by atoms with E-state index in [1.54, 1.807) is 6.20 Å². The van der Waals surface area contributed by atoms with Gasteiger partial charge in [-0.25, -0.2) is 0 Å². The van der Waals surface area contributed by atoms with Crippen molar-refractivity contribution in [2.75, 3.05) is 0 Å². The van der Waals surface area contributed by atoms with Gasteiger partial charge < -0.3 is 9.78 Å². The maximum Gasteiger partial charge on any atom is 0.0144 e. The molecule has 3 heteroatoms. The van der Waals surface area contributed by atoms with E-state index in [4.69, 9.17) is 0 Å². The van der Waals surface area contributed by atoms with Crippen LogP contribution in [0.15, 0.2) is 23.3 Å². The first kappa shape index (κ1) is 5.95. The molecule has 1 N–H and O–H groups in total. The van der Waals surface area contributed by atoms with Crippen molar-refractivity contribution in [2.45, 2.75) is 0 Å². The molecule has 0 aliphatic rings. The number of H-pyrrole nitrogens is 1. The molecule has 0 aliphatic carbocycles. The molecule has 2 nitrogen and oxygen atoms in total. The Hall–Kier alpha value is -2.05. The maximum absolute atomic E-state index is 10.2. The average molecular weight is 361 g/mol. The van der Waals surface area contributed by atoms with Gasteiger partial charge in [0.15, 0.2) is 0 Å². The molecule has 1 aromatic rings. The molecule has 0 atom stereocenters. The number of rotatable bonds is 0. The molecule has 0 unspecified atom stereocenters. The minimum Gasteiger partial charge on any atom is -0.402 e. The normalized spacial score (nSPS) is 7.50. The van der Waals surface area contributed by atoms with Gasteiger partial charge in [-0.3, -0.25) is 0 Å². The van der Waals surface area contributed by atoms with E-state index in [0.29, 0.717) is 0 Å². The number of hydrogen-bond donors (Lipinski definition) is 1. The second kappa shape index (κ2) is 2.18. The largest absolute Gasteiger partial charge is 0.402 e. The molecular formula is C5H4NORf-. The monoisotopic (exact) mass is 361 g/mol. The fourth-order valence-electron chi connectivity index (χ4n) is 0.333. The predicted octanol–water partition coefficient (Wildman–Crippen LogP) is 0.175. The zero-order valence-electron chi connectivity index (χ0n) is 4.35. The van der Waals surface area contributed by atoms with E-state index in [0.717, 1.165) is 0 Å². The molecule has 38 valence electrons. The molecule has 1 aromatic heterocycles. The van der Waals surface area contributed by atoms with Gasteiger partial charge in [0, 0.05) is 5.43 Å². The van der Waals surface area contributed by atoms with Crippen LogP contribution >= 0.6 is 0 Å². The fraction of sp³-hybridized carbons (Fsp3) is 0. The molecular weight excluding hydrogens is 357 g/mol. The van der Waals surface area contributed by atoms with E-state index in [9.17, 15) is 4.79 Å². The molecule has 0 radical (unpaired) electrons. The average Bonchev–Trinajstić information content (AvgIpc) is 1.69. The summed E-state index contributed by atoms with van der Waals surface area (Å²) in [5.74, 6) is 0. The standard InChI is InChI=1S/C5H4NO.Rf/c7-5-1-3-6-4-2-5;/h1,3-4H,(H,6,7);/q-1;. The molecule has 0 fully saturated rings. The minimum absolute atomic E-state index is 0. The molecule has 0 amide bonds. The number of aromatic nitrogens is 1. The fourth-order valence-corrected chi connectivity index (χ4v) is 0.333. The first-order valence-electron chi connectivity index (χ1n) is 1.94. The van der Waals surface area contributed by atoms with Gasteiger partial charge in [0.25, 0.3) is 0 Å². The van der Waals surface area contributed by atoms with Crippen molar-refractivity contribution in [1.82, 2.24) is 4.98 Å². The molecule has 0 saturated carbocycles. The van der Waals surface area contributed by atoms with E-state index in [1.807, 2.05) is 0 Å². The van der Waals surface area contributed by atoms with Crippen molar-refractivity contribution >= 4 is 0 Å². The molecule has 8 heavy (non-hydrogen) atoms. The van der Waals surface area contributed by atoms with Crippen molar-refractivity contribution in [3.63, 3.8) is 0 Å². The van der Waals surface area contributed by atoms with Crippen molar-refractivity contribution in [1.29, 1.82) is 0 Å². The summed E-state index contributed by atoms with van der Waals surface area (Å²) in [6.07, 6.45) is 3.04. The Morgan fingerprint density at radius 1 is 1.62 bits per heavy atom. The first-order chi connectivity index (χ1) is 3.39. The molecule has 0 aliphatic heterocycles. The summed E-state index contributed by atoms with van der Waals surface area (Å²) in [7, 11) is 0.